The van der Waals surface area contributed by atoms with Crippen molar-refractivity contribution in [2.75, 3.05) is 32.7 Å². The summed E-state index contributed by atoms with van der Waals surface area (Å²) in [6.45, 7) is 7.56. The number of carbonyl (C=O) groups is 2. The second-order valence-electron chi connectivity index (χ2n) is 8.71. The van der Waals surface area contributed by atoms with E-state index in [0.29, 0.717) is 50.5 Å². The van der Waals surface area contributed by atoms with Crippen molar-refractivity contribution in [1.82, 2.24) is 24.9 Å². The van der Waals surface area contributed by atoms with E-state index < -0.39 is 0 Å². The van der Waals surface area contributed by atoms with Crippen molar-refractivity contribution in [1.29, 1.82) is 0 Å². The van der Waals surface area contributed by atoms with Crippen molar-refractivity contribution in [3.05, 3.63) is 57.9 Å². The number of nitrogens with zero attached hydrogens (tertiary/aromatic N) is 4. The molecule has 1 aliphatic heterocycles. The number of aromatic nitrogens is 2. The molecule has 0 bridgehead atoms. The number of rotatable bonds is 7. The number of halogens is 1. The van der Waals surface area contributed by atoms with Gasteiger partial charge in [0.15, 0.2) is 0 Å². The van der Waals surface area contributed by atoms with Crippen LogP contribution in [-0.2, 0) is 16.1 Å². The Balaban J connectivity index is 1.31. The molecule has 32 heavy (non-hydrogen) atoms. The van der Waals surface area contributed by atoms with Crippen LogP contribution in [0.25, 0.3) is 6.08 Å². The number of nitrogens with one attached hydrogen (secondary N) is 1. The highest BCUT2D eigenvalue weighted by Gasteiger charge is 2.26. The lowest BCUT2D eigenvalue weighted by molar-refractivity contribution is -0.128. The number of benzene rings is 1. The SMILES string of the molecule is Cc1ccc(Cn2nc(C)c(C=CC(=O)N3CCN(CC(=O)NC4CC4)CC3)c2Cl)cc1. The van der Waals surface area contributed by atoms with E-state index in [-0.39, 0.29) is 11.8 Å². The van der Waals surface area contributed by atoms with Crippen LogP contribution in [0.2, 0.25) is 5.15 Å². The van der Waals surface area contributed by atoms with Crippen LogP contribution in [0.4, 0.5) is 0 Å². The van der Waals surface area contributed by atoms with Gasteiger partial charge in [-0.2, -0.15) is 5.10 Å². The van der Waals surface area contributed by atoms with Gasteiger partial charge in [0, 0.05) is 43.9 Å². The summed E-state index contributed by atoms with van der Waals surface area (Å²) >= 11 is 6.57. The summed E-state index contributed by atoms with van der Waals surface area (Å²) in [4.78, 5) is 28.6. The zero-order valence-corrected chi connectivity index (χ0v) is 19.4. The second kappa shape index (κ2) is 9.88. The molecule has 4 rings (SSSR count). The first-order valence-corrected chi connectivity index (χ1v) is 11.5. The normalized spacial score (nSPS) is 17.2. The molecule has 2 aliphatic rings. The maximum Gasteiger partial charge on any atom is 0.246 e. The van der Waals surface area contributed by atoms with Crippen LogP contribution in [0.1, 0.15) is 35.2 Å². The van der Waals surface area contributed by atoms with Crippen molar-refractivity contribution in [3.63, 3.8) is 0 Å². The molecule has 1 saturated carbocycles. The molecule has 2 heterocycles. The van der Waals surface area contributed by atoms with Gasteiger partial charge in [0.25, 0.3) is 0 Å². The van der Waals surface area contributed by atoms with Gasteiger partial charge in [-0.3, -0.25) is 14.5 Å². The van der Waals surface area contributed by atoms with Crippen LogP contribution in [0.5, 0.6) is 0 Å². The van der Waals surface area contributed by atoms with Gasteiger partial charge >= 0.3 is 0 Å². The predicted molar refractivity (Wildman–Crippen MR) is 125 cm³/mol. The van der Waals surface area contributed by atoms with E-state index in [0.717, 1.165) is 29.7 Å². The van der Waals surface area contributed by atoms with E-state index in [9.17, 15) is 9.59 Å². The molecule has 1 saturated heterocycles. The number of piperazine rings is 1. The smallest absolute Gasteiger partial charge is 0.246 e. The Morgan fingerprint density at radius 3 is 2.47 bits per heavy atom. The fourth-order valence-electron chi connectivity index (χ4n) is 3.82. The molecule has 2 aromatic rings. The summed E-state index contributed by atoms with van der Waals surface area (Å²) in [6, 6.07) is 8.65. The molecular weight excluding hydrogens is 426 g/mol. The van der Waals surface area contributed by atoms with Crippen molar-refractivity contribution in [3.8, 4) is 0 Å². The minimum Gasteiger partial charge on any atom is -0.352 e. The third kappa shape index (κ3) is 5.78. The van der Waals surface area contributed by atoms with Crippen molar-refractivity contribution in [2.45, 2.75) is 39.3 Å². The Hall–Kier alpha value is -2.64. The van der Waals surface area contributed by atoms with Crippen LogP contribution in [0, 0.1) is 13.8 Å². The summed E-state index contributed by atoms with van der Waals surface area (Å²) in [7, 11) is 0. The first kappa shape index (κ1) is 22.6. The average molecular weight is 456 g/mol. The predicted octanol–water partition coefficient (Wildman–Crippen LogP) is 2.64. The molecule has 1 N–H and O–H groups in total. The topological polar surface area (TPSA) is 70.5 Å². The molecule has 0 spiro atoms. The van der Waals surface area contributed by atoms with Gasteiger partial charge in [-0.05, 0) is 38.3 Å². The number of amides is 2. The minimum absolute atomic E-state index is 0.0474. The molecule has 0 radical (unpaired) electrons. The molecule has 0 unspecified atom stereocenters. The van der Waals surface area contributed by atoms with Crippen LogP contribution in [0.3, 0.4) is 0 Å². The van der Waals surface area contributed by atoms with Crippen LogP contribution < -0.4 is 5.32 Å². The maximum atomic E-state index is 12.7. The number of carbonyl (C=O) groups excluding carboxylic acids is 2. The molecule has 8 heteroatoms. The first-order chi connectivity index (χ1) is 15.4. The molecule has 0 atom stereocenters. The van der Waals surface area contributed by atoms with Crippen LogP contribution in [-0.4, -0.2) is 70.2 Å². The lowest BCUT2D eigenvalue weighted by Crippen LogP contribution is -2.51. The molecule has 1 aromatic heterocycles. The second-order valence-corrected chi connectivity index (χ2v) is 9.07. The Kier molecular flexibility index (Phi) is 6.96. The van der Waals surface area contributed by atoms with E-state index in [1.54, 1.807) is 16.8 Å². The number of aryl methyl sites for hydroxylation is 2. The van der Waals surface area contributed by atoms with Crippen LogP contribution >= 0.6 is 11.6 Å². The maximum absolute atomic E-state index is 12.7. The molecule has 2 amide bonds. The fraction of sp³-hybridized carbons (Fsp3) is 0.458. The largest absolute Gasteiger partial charge is 0.352 e. The van der Waals surface area contributed by atoms with Gasteiger partial charge in [-0.25, -0.2) is 4.68 Å². The third-order valence-electron chi connectivity index (χ3n) is 5.95. The van der Waals surface area contributed by atoms with Crippen molar-refractivity contribution >= 4 is 29.5 Å². The highest BCUT2D eigenvalue weighted by atomic mass is 35.5. The van der Waals surface area contributed by atoms with Gasteiger partial charge in [-0.1, -0.05) is 41.4 Å². The summed E-state index contributed by atoms with van der Waals surface area (Å²) in [5.74, 6) is 0.0359. The summed E-state index contributed by atoms with van der Waals surface area (Å²) in [5.41, 5.74) is 3.89. The van der Waals surface area contributed by atoms with E-state index in [4.69, 9.17) is 11.6 Å². The Labute approximate surface area is 194 Å². The van der Waals surface area contributed by atoms with Gasteiger partial charge in [0.05, 0.1) is 18.8 Å². The Morgan fingerprint density at radius 1 is 1.12 bits per heavy atom. The van der Waals surface area contributed by atoms with Crippen LogP contribution in [0.15, 0.2) is 30.3 Å². The van der Waals surface area contributed by atoms with E-state index in [1.165, 1.54) is 5.56 Å². The Morgan fingerprint density at radius 2 is 1.81 bits per heavy atom. The molecule has 2 fully saturated rings. The zero-order valence-electron chi connectivity index (χ0n) is 18.7. The van der Waals surface area contributed by atoms with E-state index in [1.807, 2.05) is 11.8 Å². The first-order valence-electron chi connectivity index (χ1n) is 11.2. The molecule has 1 aliphatic carbocycles. The highest BCUT2D eigenvalue weighted by Crippen LogP contribution is 2.23. The fourth-order valence-corrected chi connectivity index (χ4v) is 4.12. The number of hydrogen-bond donors (Lipinski definition) is 1. The standard InChI is InChI=1S/C24H30ClN5O2/c1-17-3-5-19(6-4-17)15-30-24(25)21(18(2)27-30)9-10-23(32)29-13-11-28(12-14-29)16-22(31)26-20-7-8-20/h3-6,9-10,20H,7-8,11-16H2,1-2H3,(H,26,31). The summed E-state index contributed by atoms with van der Waals surface area (Å²) in [6.07, 6.45) is 5.51. The van der Waals surface area contributed by atoms with Gasteiger partial charge in [0.1, 0.15) is 5.15 Å². The van der Waals surface area contributed by atoms with E-state index in [2.05, 4.69) is 46.5 Å². The minimum atomic E-state index is -0.0474. The lowest BCUT2D eigenvalue weighted by Gasteiger charge is -2.33. The lowest BCUT2D eigenvalue weighted by atomic mass is 10.1. The summed E-state index contributed by atoms with van der Waals surface area (Å²) in [5, 5.41) is 8.08. The molecule has 1 aromatic carbocycles. The Bertz CT molecular complexity index is 1000. The van der Waals surface area contributed by atoms with Gasteiger partial charge in [-0.15, -0.1) is 0 Å². The van der Waals surface area contributed by atoms with Gasteiger partial charge in [0.2, 0.25) is 11.8 Å². The monoisotopic (exact) mass is 455 g/mol. The van der Waals surface area contributed by atoms with Gasteiger partial charge < -0.3 is 10.2 Å². The van der Waals surface area contributed by atoms with Crippen molar-refractivity contribution < 1.29 is 9.59 Å². The quantitative estimate of drug-likeness (QED) is 0.651. The third-order valence-corrected chi connectivity index (χ3v) is 6.35. The highest BCUT2D eigenvalue weighted by molar-refractivity contribution is 6.31. The molecule has 7 nitrogen and oxygen atoms in total. The number of hydrogen-bond acceptors (Lipinski definition) is 4. The van der Waals surface area contributed by atoms with Crippen molar-refractivity contribution in [2.24, 2.45) is 0 Å². The summed E-state index contributed by atoms with van der Waals surface area (Å²) < 4.78 is 1.76. The molecule has 170 valence electrons. The average Bonchev–Trinajstić information content (AvgIpc) is 3.54. The van der Waals surface area contributed by atoms with E-state index >= 15 is 0 Å². The molecular formula is C24H30ClN5O2. The zero-order chi connectivity index (χ0) is 22.7.